The molecule has 13 heavy (non-hydrogen) atoms. The van der Waals surface area contributed by atoms with Gasteiger partial charge in [-0.15, -0.1) is 0 Å². The summed E-state index contributed by atoms with van der Waals surface area (Å²) in [5.41, 5.74) is 3.83. The molecule has 64 valence electrons. The van der Waals surface area contributed by atoms with E-state index >= 15 is 0 Å². The number of rotatable bonds is 0. The summed E-state index contributed by atoms with van der Waals surface area (Å²) in [6.07, 6.45) is 0. The van der Waals surface area contributed by atoms with Crippen molar-refractivity contribution in [3.8, 4) is 0 Å². The second kappa shape index (κ2) is 2.74. The van der Waals surface area contributed by atoms with Gasteiger partial charge in [0, 0.05) is 16.9 Å². The Morgan fingerprint density at radius 2 is 2.08 bits per heavy atom. The van der Waals surface area contributed by atoms with Crippen molar-refractivity contribution in [1.29, 1.82) is 0 Å². The van der Waals surface area contributed by atoms with Crippen molar-refractivity contribution in [3.05, 3.63) is 41.6 Å². The van der Waals surface area contributed by atoms with Crippen molar-refractivity contribution in [2.45, 2.75) is 11.5 Å². The number of hydrogen-bond donors (Lipinski definition) is 0. The number of pyridine rings is 1. The van der Waals surface area contributed by atoms with E-state index in [4.69, 9.17) is 0 Å². The van der Waals surface area contributed by atoms with Gasteiger partial charge in [0.05, 0.1) is 11.2 Å². The van der Waals surface area contributed by atoms with Crippen LogP contribution in [0.1, 0.15) is 11.3 Å². The smallest absolute Gasteiger partial charge is 0.0705 e. The zero-order valence-corrected chi connectivity index (χ0v) is 7.97. The fourth-order valence-electron chi connectivity index (χ4n) is 1.71. The van der Waals surface area contributed by atoms with Crippen molar-refractivity contribution in [3.63, 3.8) is 0 Å². The molecule has 0 bridgehead atoms. The van der Waals surface area contributed by atoms with Gasteiger partial charge in [-0.3, -0.25) is 4.98 Å². The van der Waals surface area contributed by atoms with E-state index in [0.29, 0.717) is 0 Å². The average molecular weight is 187 g/mol. The molecule has 0 atom stereocenters. The maximum atomic E-state index is 4.63. The third kappa shape index (κ3) is 1.13. The Morgan fingerprint density at radius 3 is 3.08 bits per heavy atom. The number of thioether (sulfide) groups is 1. The quantitative estimate of drug-likeness (QED) is 0.629. The van der Waals surface area contributed by atoms with Crippen LogP contribution >= 0.6 is 11.8 Å². The highest BCUT2D eigenvalue weighted by atomic mass is 32.2. The zero-order valence-electron chi connectivity index (χ0n) is 7.16. The Kier molecular flexibility index (Phi) is 1.56. The van der Waals surface area contributed by atoms with Crippen molar-refractivity contribution in [2.24, 2.45) is 0 Å². The molecule has 0 fully saturated rings. The molecule has 0 aliphatic carbocycles. The predicted octanol–water partition coefficient (Wildman–Crippen LogP) is 2.98. The van der Waals surface area contributed by atoms with Crippen LogP contribution in [-0.2, 0) is 11.5 Å². The van der Waals surface area contributed by atoms with Crippen LogP contribution in [0, 0.1) is 0 Å². The molecule has 1 aromatic heterocycles. The molecule has 3 rings (SSSR count). The first-order valence-corrected chi connectivity index (χ1v) is 5.54. The van der Waals surface area contributed by atoms with Gasteiger partial charge in [-0.05, 0) is 17.7 Å². The summed E-state index contributed by atoms with van der Waals surface area (Å²) in [4.78, 5) is 4.63. The summed E-state index contributed by atoms with van der Waals surface area (Å²) in [6, 6.07) is 10.6. The second-order valence-electron chi connectivity index (χ2n) is 3.28. The van der Waals surface area contributed by atoms with Crippen LogP contribution in [0.3, 0.4) is 0 Å². The average Bonchev–Trinajstić information content (AvgIpc) is 2.61. The molecule has 2 heteroatoms. The van der Waals surface area contributed by atoms with Crippen molar-refractivity contribution < 1.29 is 0 Å². The van der Waals surface area contributed by atoms with Gasteiger partial charge in [0.2, 0.25) is 0 Å². The number of nitrogens with zero attached hydrogens (tertiary/aromatic N) is 1. The monoisotopic (exact) mass is 187 g/mol. The van der Waals surface area contributed by atoms with Crippen LogP contribution in [0.4, 0.5) is 0 Å². The van der Waals surface area contributed by atoms with Crippen LogP contribution in [0.15, 0.2) is 30.3 Å². The van der Waals surface area contributed by atoms with Gasteiger partial charge in [-0.2, -0.15) is 11.8 Å². The van der Waals surface area contributed by atoms with Gasteiger partial charge >= 0.3 is 0 Å². The van der Waals surface area contributed by atoms with Gasteiger partial charge in [-0.1, -0.05) is 18.2 Å². The molecule has 2 heterocycles. The molecule has 0 saturated heterocycles. The topological polar surface area (TPSA) is 12.9 Å². The molecule has 0 unspecified atom stereocenters. The third-order valence-corrected chi connectivity index (χ3v) is 3.38. The van der Waals surface area contributed by atoms with E-state index in [-0.39, 0.29) is 0 Å². The molecule has 0 amide bonds. The van der Waals surface area contributed by atoms with Crippen LogP contribution in [0.5, 0.6) is 0 Å². The number of aromatic nitrogens is 1. The minimum absolute atomic E-state index is 1.08. The summed E-state index contributed by atoms with van der Waals surface area (Å²) in [6.45, 7) is 0. The Morgan fingerprint density at radius 1 is 1.15 bits per heavy atom. The highest BCUT2D eigenvalue weighted by Crippen LogP contribution is 2.30. The molecule has 2 aromatic rings. The summed E-state index contributed by atoms with van der Waals surface area (Å²) < 4.78 is 0. The maximum Gasteiger partial charge on any atom is 0.0705 e. The summed E-state index contributed by atoms with van der Waals surface area (Å²) in [5, 5.41) is 1.27. The van der Waals surface area contributed by atoms with E-state index in [9.17, 15) is 0 Å². The van der Waals surface area contributed by atoms with Gasteiger partial charge in [0.25, 0.3) is 0 Å². The minimum Gasteiger partial charge on any atom is -0.252 e. The molecule has 1 aliphatic rings. The molecule has 0 saturated carbocycles. The van der Waals surface area contributed by atoms with Crippen LogP contribution in [0.25, 0.3) is 10.9 Å². The lowest BCUT2D eigenvalue weighted by atomic mass is 10.1. The number of para-hydroxylation sites is 1. The predicted molar refractivity (Wildman–Crippen MR) is 56.7 cm³/mol. The molecular weight excluding hydrogens is 178 g/mol. The van der Waals surface area contributed by atoms with Gasteiger partial charge < -0.3 is 0 Å². The first kappa shape index (κ1) is 7.39. The molecule has 0 spiro atoms. The molecular formula is C11H9NS. The normalized spacial score (nSPS) is 14.8. The SMILES string of the molecule is c1ccc2nc3c(cc2c1)CSC3. The number of benzene rings is 1. The number of fused-ring (bicyclic) bond motifs is 2. The Balaban J connectivity index is 2.36. The lowest BCUT2D eigenvalue weighted by molar-refractivity contribution is 1.20. The Labute approximate surface area is 81.2 Å². The fourth-order valence-corrected chi connectivity index (χ4v) is 2.72. The lowest BCUT2D eigenvalue weighted by Gasteiger charge is -2.00. The maximum absolute atomic E-state index is 4.63. The first-order chi connectivity index (χ1) is 6.43. The van der Waals surface area contributed by atoms with E-state index in [1.54, 1.807) is 0 Å². The van der Waals surface area contributed by atoms with Crippen molar-refractivity contribution >= 4 is 22.7 Å². The van der Waals surface area contributed by atoms with Crippen LogP contribution in [-0.4, -0.2) is 4.98 Å². The van der Waals surface area contributed by atoms with E-state index in [2.05, 4.69) is 29.2 Å². The van der Waals surface area contributed by atoms with E-state index in [0.717, 1.165) is 17.0 Å². The van der Waals surface area contributed by atoms with Crippen LogP contribution < -0.4 is 0 Å². The Hall–Kier alpha value is -1.02. The summed E-state index contributed by atoms with van der Waals surface area (Å²) >= 11 is 1.95. The third-order valence-electron chi connectivity index (χ3n) is 2.39. The van der Waals surface area contributed by atoms with E-state index < -0.39 is 0 Å². The lowest BCUT2D eigenvalue weighted by Crippen LogP contribution is -1.88. The molecule has 0 N–H and O–H groups in total. The zero-order chi connectivity index (χ0) is 8.67. The highest BCUT2D eigenvalue weighted by Gasteiger charge is 2.12. The van der Waals surface area contributed by atoms with Gasteiger partial charge in [0.15, 0.2) is 0 Å². The van der Waals surface area contributed by atoms with E-state index in [1.807, 2.05) is 17.8 Å². The van der Waals surface area contributed by atoms with Gasteiger partial charge in [-0.25, -0.2) is 0 Å². The molecule has 1 aromatic carbocycles. The Bertz CT molecular complexity index is 422. The second-order valence-corrected chi connectivity index (χ2v) is 4.27. The van der Waals surface area contributed by atoms with Gasteiger partial charge in [0.1, 0.15) is 0 Å². The van der Waals surface area contributed by atoms with Crippen LogP contribution in [0.2, 0.25) is 0 Å². The number of hydrogen-bond acceptors (Lipinski definition) is 2. The largest absolute Gasteiger partial charge is 0.252 e. The molecule has 1 nitrogen and oxygen atoms in total. The first-order valence-electron chi connectivity index (χ1n) is 4.39. The minimum atomic E-state index is 1.08. The fraction of sp³-hybridized carbons (Fsp3) is 0.182. The van der Waals surface area contributed by atoms with Crippen molar-refractivity contribution in [2.75, 3.05) is 0 Å². The highest BCUT2D eigenvalue weighted by molar-refractivity contribution is 7.98. The van der Waals surface area contributed by atoms with E-state index in [1.165, 1.54) is 16.6 Å². The van der Waals surface area contributed by atoms with Crippen molar-refractivity contribution in [1.82, 2.24) is 4.98 Å². The summed E-state index contributed by atoms with van der Waals surface area (Å²) in [7, 11) is 0. The summed E-state index contributed by atoms with van der Waals surface area (Å²) in [5.74, 6) is 2.22. The molecule has 1 aliphatic heterocycles. The molecule has 0 radical (unpaired) electrons. The standard InChI is InChI=1S/C11H9NS/c1-2-4-10-8(3-1)5-9-6-13-7-11(9)12-10/h1-5H,6-7H2.